The van der Waals surface area contributed by atoms with Gasteiger partial charge >= 0.3 is 0 Å². The lowest BCUT2D eigenvalue weighted by Gasteiger charge is -2.28. The summed E-state index contributed by atoms with van der Waals surface area (Å²) in [6.07, 6.45) is 12.8. The van der Waals surface area contributed by atoms with Gasteiger partial charge in [-0.1, -0.05) is 19.3 Å². The van der Waals surface area contributed by atoms with Gasteiger partial charge in [-0.05, 0) is 44.3 Å². The number of carbonyl (C=O) groups is 1. The topological polar surface area (TPSA) is 84.4 Å². The lowest BCUT2D eigenvalue weighted by Crippen LogP contribution is -2.38. The standard InChI is InChI=1S/C16H28N4O/c17-14(16(21)19-13-7-3-1-4-8-13)9-10-15(18)20-11-5-2-6-12-20/h9-10,13H,1-8,11-12,17-18H2,(H,19,21)/b14-9-,15-10+. The van der Waals surface area contributed by atoms with Crippen LogP contribution in [-0.2, 0) is 4.79 Å². The Kier molecular flexibility index (Phi) is 5.96. The van der Waals surface area contributed by atoms with Crippen molar-refractivity contribution in [3.63, 3.8) is 0 Å². The highest BCUT2D eigenvalue weighted by Gasteiger charge is 2.16. The Morgan fingerprint density at radius 1 is 0.952 bits per heavy atom. The molecule has 0 aromatic heterocycles. The van der Waals surface area contributed by atoms with Crippen LogP contribution < -0.4 is 16.8 Å². The summed E-state index contributed by atoms with van der Waals surface area (Å²) in [6.45, 7) is 1.98. The molecule has 5 nitrogen and oxygen atoms in total. The van der Waals surface area contributed by atoms with Crippen molar-refractivity contribution in [2.24, 2.45) is 11.5 Å². The molecular weight excluding hydrogens is 264 g/mol. The van der Waals surface area contributed by atoms with E-state index < -0.39 is 0 Å². The summed E-state index contributed by atoms with van der Waals surface area (Å²) in [5, 5.41) is 3.01. The summed E-state index contributed by atoms with van der Waals surface area (Å²) in [6, 6.07) is 0.279. The van der Waals surface area contributed by atoms with E-state index in [9.17, 15) is 4.79 Å². The Morgan fingerprint density at radius 3 is 2.24 bits per heavy atom. The van der Waals surface area contributed by atoms with Crippen molar-refractivity contribution in [1.29, 1.82) is 0 Å². The number of allylic oxidation sites excluding steroid dienone is 2. The fourth-order valence-corrected chi connectivity index (χ4v) is 3.02. The highest BCUT2D eigenvalue weighted by molar-refractivity contribution is 5.92. The molecule has 2 aliphatic rings. The highest BCUT2D eigenvalue weighted by atomic mass is 16.2. The second-order valence-electron chi connectivity index (χ2n) is 6.07. The molecule has 1 aliphatic heterocycles. The van der Waals surface area contributed by atoms with Crippen molar-refractivity contribution >= 4 is 5.91 Å². The zero-order valence-corrected chi connectivity index (χ0v) is 12.8. The molecule has 1 saturated carbocycles. The van der Waals surface area contributed by atoms with Crippen LogP contribution in [0.3, 0.4) is 0 Å². The summed E-state index contributed by atoms with van der Waals surface area (Å²) in [4.78, 5) is 14.2. The number of carbonyl (C=O) groups excluding carboxylic acids is 1. The quantitative estimate of drug-likeness (QED) is 0.542. The maximum atomic E-state index is 12.0. The third-order valence-electron chi connectivity index (χ3n) is 4.36. The summed E-state index contributed by atoms with van der Waals surface area (Å²) in [7, 11) is 0. The predicted molar refractivity (Wildman–Crippen MR) is 85.0 cm³/mol. The molecule has 21 heavy (non-hydrogen) atoms. The minimum absolute atomic E-state index is 0.176. The van der Waals surface area contributed by atoms with Crippen LogP contribution in [0.5, 0.6) is 0 Å². The van der Waals surface area contributed by atoms with E-state index in [2.05, 4.69) is 10.2 Å². The van der Waals surface area contributed by atoms with Gasteiger partial charge in [-0.15, -0.1) is 0 Å². The average Bonchev–Trinajstić information content (AvgIpc) is 2.54. The average molecular weight is 292 g/mol. The molecule has 2 rings (SSSR count). The number of nitrogens with two attached hydrogens (primary N) is 2. The normalized spacial score (nSPS) is 22.2. The molecule has 5 N–H and O–H groups in total. The number of hydrogen-bond donors (Lipinski definition) is 3. The summed E-state index contributed by atoms with van der Waals surface area (Å²) < 4.78 is 0. The minimum atomic E-state index is -0.176. The van der Waals surface area contributed by atoms with Crippen LogP contribution in [0.4, 0.5) is 0 Å². The molecule has 1 saturated heterocycles. The second-order valence-corrected chi connectivity index (χ2v) is 6.07. The van der Waals surface area contributed by atoms with E-state index >= 15 is 0 Å². The van der Waals surface area contributed by atoms with Crippen molar-refractivity contribution < 1.29 is 4.79 Å². The number of piperidine rings is 1. The van der Waals surface area contributed by atoms with E-state index in [-0.39, 0.29) is 17.6 Å². The zero-order valence-electron chi connectivity index (χ0n) is 12.8. The lowest BCUT2D eigenvalue weighted by atomic mass is 9.95. The SMILES string of the molecule is N/C(=C\C=C(/N)N1CCCCC1)C(=O)NC1CCCCC1. The number of amides is 1. The highest BCUT2D eigenvalue weighted by Crippen LogP contribution is 2.17. The van der Waals surface area contributed by atoms with Crippen molar-refractivity contribution in [3.05, 3.63) is 23.7 Å². The second kappa shape index (κ2) is 7.96. The molecule has 0 spiro atoms. The first kappa shape index (κ1) is 15.7. The molecule has 0 unspecified atom stereocenters. The van der Waals surface area contributed by atoms with Crippen molar-refractivity contribution in [1.82, 2.24) is 10.2 Å². The van der Waals surface area contributed by atoms with Crippen LogP contribution in [0.15, 0.2) is 23.7 Å². The van der Waals surface area contributed by atoms with Crippen molar-refractivity contribution in [3.8, 4) is 0 Å². The van der Waals surface area contributed by atoms with Gasteiger partial charge in [0.05, 0.1) is 11.5 Å². The molecule has 0 aromatic carbocycles. The fourth-order valence-electron chi connectivity index (χ4n) is 3.02. The Balaban J connectivity index is 1.84. The number of nitrogens with one attached hydrogen (secondary N) is 1. The van der Waals surface area contributed by atoms with Gasteiger partial charge in [-0.25, -0.2) is 0 Å². The number of nitrogens with zero attached hydrogens (tertiary/aromatic N) is 1. The maximum Gasteiger partial charge on any atom is 0.267 e. The molecule has 0 bridgehead atoms. The first-order chi connectivity index (χ1) is 10.2. The lowest BCUT2D eigenvalue weighted by molar-refractivity contribution is -0.118. The molecule has 0 radical (unpaired) electrons. The summed E-state index contributed by atoms with van der Waals surface area (Å²) >= 11 is 0. The van der Waals surface area contributed by atoms with E-state index in [0.717, 1.165) is 25.9 Å². The Hall–Kier alpha value is -1.65. The van der Waals surface area contributed by atoms with Gasteiger partial charge in [0.25, 0.3) is 5.91 Å². The van der Waals surface area contributed by atoms with Gasteiger partial charge in [-0.3, -0.25) is 4.79 Å². The van der Waals surface area contributed by atoms with Gasteiger partial charge in [0.1, 0.15) is 0 Å². The molecule has 0 atom stereocenters. The van der Waals surface area contributed by atoms with Gasteiger partial charge < -0.3 is 21.7 Å². The number of hydrogen-bond acceptors (Lipinski definition) is 4. The van der Waals surface area contributed by atoms with E-state index in [1.165, 1.54) is 38.5 Å². The van der Waals surface area contributed by atoms with Crippen LogP contribution in [0.2, 0.25) is 0 Å². The largest absolute Gasteiger partial charge is 0.394 e. The van der Waals surface area contributed by atoms with Crippen LogP contribution in [-0.4, -0.2) is 29.9 Å². The molecular formula is C16H28N4O. The van der Waals surface area contributed by atoms with E-state index in [1.807, 2.05) is 0 Å². The predicted octanol–water partition coefficient (Wildman–Crippen LogP) is 1.56. The maximum absolute atomic E-state index is 12.0. The minimum Gasteiger partial charge on any atom is -0.394 e. The number of rotatable bonds is 4. The number of likely N-dealkylation sites (tertiary alicyclic amines) is 1. The Labute approximate surface area is 127 Å². The van der Waals surface area contributed by atoms with Gasteiger partial charge in [0.2, 0.25) is 0 Å². The Morgan fingerprint density at radius 2 is 1.57 bits per heavy atom. The molecule has 1 amide bonds. The summed E-state index contributed by atoms with van der Waals surface area (Å²) in [5.41, 5.74) is 12.1. The van der Waals surface area contributed by atoms with Crippen LogP contribution in [0, 0.1) is 0 Å². The van der Waals surface area contributed by atoms with Crippen LogP contribution in [0.25, 0.3) is 0 Å². The van der Waals surface area contributed by atoms with E-state index in [4.69, 9.17) is 11.5 Å². The first-order valence-electron chi connectivity index (χ1n) is 8.15. The van der Waals surface area contributed by atoms with E-state index in [1.54, 1.807) is 12.2 Å². The molecule has 1 aliphatic carbocycles. The van der Waals surface area contributed by atoms with Gasteiger partial charge in [-0.2, -0.15) is 0 Å². The zero-order chi connectivity index (χ0) is 15.1. The molecule has 2 fully saturated rings. The third-order valence-corrected chi connectivity index (χ3v) is 4.36. The first-order valence-corrected chi connectivity index (χ1v) is 8.15. The van der Waals surface area contributed by atoms with Crippen molar-refractivity contribution in [2.75, 3.05) is 13.1 Å². The van der Waals surface area contributed by atoms with Crippen molar-refractivity contribution in [2.45, 2.75) is 57.4 Å². The van der Waals surface area contributed by atoms with Crippen LogP contribution >= 0.6 is 0 Å². The molecule has 0 aromatic rings. The molecule has 5 heteroatoms. The van der Waals surface area contributed by atoms with Gasteiger partial charge in [0, 0.05) is 19.1 Å². The summed E-state index contributed by atoms with van der Waals surface area (Å²) in [5.74, 6) is 0.521. The fraction of sp³-hybridized carbons (Fsp3) is 0.688. The monoisotopic (exact) mass is 292 g/mol. The van der Waals surface area contributed by atoms with Crippen LogP contribution in [0.1, 0.15) is 51.4 Å². The Bertz CT molecular complexity index is 405. The molecule has 118 valence electrons. The molecule has 1 heterocycles. The van der Waals surface area contributed by atoms with Gasteiger partial charge in [0.15, 0.2) is 0 Å². The van der Waals surface area contributed by atoms with E-state index in [0.29, 0.717) is 5.82 Å². The third kappa shape index (κ3) is 4.99. The smallest absolute Gasteiger partial charge is 0.267 e.